The van der Waals surface area contributed by atoms with Gasteiger partial charge in [-0.1, -0.05) is 6.07 Å². The first kappa shape index (κ1) is 23.1. The maximum absolute atomic E-state index is 12.1. The van der Waals surface area contributed by atoms with Crippen LogP contribution < -0.4 is 15.5 Å². The van der Waals surface area contributed by atoms with E-state index in [1.165, 1.54) is 0 Å². The van der Waals surface area contributed by atoms with Crippen LogP contribution in [0.1, 0.15) is 33.3 Å². The number of likely N-dealkylation sites (N-methyl/N-ethyl adjacent to an activating group) is 1. The van der Waals surface area contributed by atoms with E-state index in [4.69, 9.17) is 4.74 Å². The second-order valence-corrected chi connectivity index (χ2v) is 9.24. The number of aromatic nitrogens is 1. The molecule has 2 aliphatic heterocycles. The number of hydrogen-bond acceptors (Lipinski definition) is 6. The molecule has 2 aliphatic rings. The summed E-state index contributed by atoms with van der Waals surface area (Å²) in [4.78, 5) is 27.8. The van der Waals surface area contributed by atoms with E-state index in [-0.39, 0.29) is 12.1 Å². The summed E-state index contributed by atoms with van der Waals surface area (Å²) in [6, 6.07) is 4.35. The number of nitrogens with one attached hydrogen (secondary N) is 2. The van der Waals surface area contributed by atoms with Crippen molar-refractivity contribution in [3.63, 3.8) is 0 Å². The Kier molecular flexibility index (Phi) is 7.59. The fourth-order valence-electron chi connectivity index (χ4n) is 3.46. The molecule has 1 amide bonds. The average Bonchev–Trinajstić information content (AvgIpc) is 2.68. The fraction of sp³-hybridized carbons (Fsp3) is 0.682. The van der Waals surface area contributed by atoms with E-state index in [0.29, 0.717) is 19.6 Å². The molecule has 0 spiro atoms. The van der Waals surface area contributed by atoms with Gasteiger partial charge in [-0.3, -0.25) is 0 Å². The number of hydrogen-bond donors (Lipinski definition) is 2. The van der Waals surface area contributed by atoms with E-state index in [1.807, 2.05) is 33.9 Å². The van der Waals surface area contributed by atoms with Crippen LogP contribution in [-0.2, 0) is 11.3 Å². The lowest BCUT2D eigenvalue weighted by molar-refractivity contribution is 0.00700. The Morgan fingerprint density at radius 2 is 1.94 bits per heavy atom. The van der Waals surface area contributed by atoms with Crippen molar-refractivity contribution in [1.82, 2.24) is 25.4 Å². The number of guanidine groups is 1. The van der Waals surface area contributed by atoms with Crippen molar-refractivity contribution < 1.29 is 9.53 Å². The van der Waals surface area contributed by atoms with Gasteiger partial charge in [0.05, 0.1) is 12.6 Å². The monoisotopic (exact) mass is 431 g/mol. The van der Waals surface area contributed by atoms with Gasteiger partial charge < -0.3 is 30.1 Å². The SMILES string of the molecule is CCNC(=NCc1ccc(N2CCN(C)CC2)nc1)NC1CN(C(=O)OC(C)(C)C)C1. The first-order chi connectivity index (χ1) is 14.7. The minimum atomic E-state index is -0.472. The Labute approximate surface area is 185 Å². The summed E-state index contributed by atoms with van der Waals surface area (Å²) in [5, 5.41) is 6.67. The predicted molar refractivity (Wildman–Crippen MR) is 123 cm³/mol. The Balaban J connectivity index is 1.48. The van der Waals surface area contributed by atoms with Crippen molar-refractivity contribution in [2.45, 2.75) is 45.9 Å². The normalized spacial score (nSPS) is 18.5. The van der Waals surface area contributed by atoms with Gasteiger partial charge in [0.25, 0.3) is 0 Å². The fourth-order valence-corrected chi connectivity index (χ4v) is 3.46. The molecule has 31 heavy (non-hydrogen) atoms. The van der Waals surface area contributed by atoms with E-state index in [1.54, 1.807) is 4.90 Å². The van der Waals surface area contributed by atoms with E-state index >= 15 is 0 Å². The molecular weight excluding hydrogens is 394 g/mol. The Morgan fingerprint density at radius 3 is 2.52 bits per heavy atom. The lowest BCUT2D eigenvalue weighted by Crippen LogP contribution is -2.63. The van der Waals surface area contributed by atoms with Gasteiger partial charge >= 0.3 is 6.09 Å². The molecule has 9 heteroatoms. The van der Waals surface area contributed by atoms with Crippen LogP contribution in [0.2, 0.25) is 0 Å². The highest BCUT2D eigenvalue weighted by Crippen LogP contribution is 2.16. The summed E-state index contributed by atoms with van der Waals surface area (Å²) in [6.45, 7) is 14.4. The minimum Gasteiger partial charge on any atom is -0.444 e. The number of carbonyl (C=O) groups excluding carboxylic acids is 1. The third-order valence-corrected chi connectivity index (χ3v) is 5.27. The number of pyridine rings is 1. The number of carbonyl (C=O) groups is 1. The summed E-state index contributed by atoms with van der Waals surface area (Å²) < 4.78 is 5.41. The van der Waals surface area contributed by atoms with Gasteiger partial charge in [-0.2, -0.15) is 0 Å². The molecule has 1 aromatic heterocycles. The van der Waals surface area contributed by atoms with Gasteiger partial charge in [-0.05, 0) is 46.4 Å². The first-order valence-electron chi connectivity index (χ1n) is 11.1. The zero-order valence-electron chi connectivity index (χ0n) is 19.5. The van der Waals surface area contributed by atoms with E-state index in [9.17, 15) is 4.79 Å². The van der Waals surface area contributed by atoms with Crippen LogP contribution in [0.3, 0.4) is 0 Å². The number of nitrogens with zero attached hydrogens (tertiary/aromatic N) is 5. The summed E-state index contributed by atoms with van der Waals surface area (Å²) in [5.74, 6) is 1.78. The Bertz CT molecular complexity index is 746. The number of amides is 1. The van der Waals surface area contributed by atoms with Crippen molar-refractivity contribution in [1.29, 1.82) is 0 Å². The highest BCUT2D eigenvalue weighted by Gasteiger charge is 2.34. The van der Waals surface area contributed by atoms with Crippen LogP contribution in [0.5, 0.6) is 0 Å². The number of aliphatic imine (C=N–C) groups is 1. The highest BCUT2D eigenvalue weighted by atomic mass is 16.6. The van der Waals surface area contributed by atoms with Crippen molar-refractivity contribution in [3.8, 4) is 0 Å². The van der Waals surface area contributed by atoms with Crippen LogP contribution in [0.25, 0.3) is 0 Å². The quantitative estimate of drug-likeness (QED) is 0.540. The number of rotatable bonds is 5. The van der Waals surface area contributed by atoms with Crippen molar-refractivity contribution in [2.75, 3.05) is 57.8 Å². The van der Waals surface area contributed by atoms with Crippen molar-refractivity contribution >= 4 is 17.9 Å². The van der Waals surface area contributed by atoms with Gasteiger partial charge in [-0.15, -0.1) is 0 Å². The molecule has 0 radical (unpaired) electrons. The molecule has 9 nitrogen and oxygen atoms in total. The summed E-state index contributed by atoms with van der Waals surface area (Å²) in [6.07, 6.45) is 1.65. The molecule has 1 aromatic rings. The predicted octanol–water partition coefficient (Wildman–Crippen LogP) is 1.51. The maximum Gasteiger partial charge on any atom is 0.410 e. The van der Waals surface area contributed by atoms with Crippen LogP contribution in [-0.4, -0.2) is 91.3 Å². The van der Waals surface area contributed by atoms with E-state index < -0.39 is 5.60 Å². The molecule has 2 saturated heterocycles. The zero-order valence-corrected chi connectivity index (χ0v) is 19.5. The van der Waals surface area contributed by atoms with Crippen LogP contribution in [0.15, 0.2) is 23.3 Å². The highest BCUT2D eigenvalue weighted by molar-refractivity contribution is 5.80. The lowest BCUT2D eigenvalue weighted by atomic mass is 10.1. The van der Waals surface area contributed by atoms with Crippen LogP contribution >= 0.6 is 0 Å². The van der Waals surface area contributed by atoms with Gasteiger partial charge in [0.2, 0.25) is 0 Å². The molecule has 0 unspecified atom stereocenters. The topological polar surface area (TPSA) is 85.3 Å². The summed E-state index contributed by atoms with van der Waals surface area (Å²) in [5.41, 5.74) is 0.596. The molecule has 0 aromatic carbocycles. The molecule has 0 bridgehead atoms. The number of ether oxygens (including phenoxy) is 1. The lowest BCUT2D eigenvalue weighted by Gasteiger charge is -2.40. The molecule has 0 atom stereocenters. The summed E-state index contributed by atoms with van der Waals surface area (Å²) >= 11 is 0. The molecule has 2 N–H and O–H groups in total. The minimum absolute atomic E-state index is 0.169. The molecule has 0 saturated carbocycles. The van der Waals surface area contributed by atoms with E-state index in [2.05, 4.69) is 49.6 Å². The molecule has 172 valence electrons. The van der Waals surface area contributed by atoms with E-state index in [0.717, 1.165) is 50.1 Å². The Hall–Kier alpha value is -2.55. The third-order valence-electron chi connectivity index (χ3n) is 5.27. The van der Waals surface area contributed by atoms with Crippen LogP contribution in [0, 0.1) is 0 Å². The van der Waals surface area contributed by atoms with Gasteiger partial charge in [-0.25, -0.2) is 14.8 Å². The smallest absolute Gasteiger partial charge is 0.410 e. The summed E-state index contributed by atoms with van der Waals surface area (Å²) in [7, 11) is 2.15. The molecular formula is C22H37N7O2. The number of anilines is 1. The molecule has 3 rings (SSSR count). The largest absolute Gasteiger partial charge is 0.444 e. The number of likely N-dealkylation sites (tertiary alicyclic amines) is 1. The molecule has 2 fully saturated rings. The standard InChI is InChI=1S/C22H37N7O2/c1-6-23-20(26-18-15-29(16-18)21(30)31-22(2,3)4)25-14-17-7-8-19(24-13-17)28-11-9-27(5)10-12-28/h7-8,13,18H,6,9-12,14-16H2,1-5H3,(H2,23,25,26). The van der Waals surface area contributed by atoms with Gasteiger partial charge in [0.15, 0.2) is 5.96 Å². The second kappa shape index (κ2) is 10.2. The second-order valence-electron chi connectivity index (χ2n) is 9.24. The van der Waals surface area contributed by atoms with Crippen molar-refractivity contribution in [3.05, 3.63) is 23.9 Å². The maximum atomic E-state index is 12.1. The first-order valence-corrected chi connectivity index (χ1v) is 11.1. The zero-order chi connectivity index (χ0) is 22.4. The average molecular weight is 432 g/mol. The van der Waals surface area contributed by atoms with Crippen LogP contribution in [0.4, 0.5) is 10.6 Å². The van der Waals surface area contributed by atoms with Crippen molar-refractivity contribution in [2.24, 2.45) is 4.99 Å². The third kappa shape index (κ3) is 6.99. The van der Waals surface area contributed by atoms with Gasteiger partial charge in [0, 0.05) is 52.0 Å². The Morgan fingerprint density at radius 1 is 1.23 bits per heavy atom. The number of piperazine rings is 1. The van der Waals surface area contributed by atoms with Gasteiger partial charge in [0.1, 0.15) is 11.4 Å². The molecule has 0 aliphatic carbocycles. The molecule has 3 heterocycles.